The van der Waals surface area contributed by atoms with Gasteiger partial charge in [-0.1, -0.05) is 19.3 Å². The minimum atomic E-state index is -0.812. The Hall–Kier alpha value is -1.29. The highest BCUT2D eigenvalue weighted by atomic mass is 16.4. The van der Waals surface area contributed by atoms with E-state index in [2.05, 4.69) is 10.3 Å². The molecule has 0 aromatic carbocycles. The van der Waals surface area contributed by atoms with Crippen molar-refractivity contribution in [1.82, 2.24) is 10.3 Å². The van der Waals surface area contributed by atoms with Gasteiger partial charge in [0.15, 0.2) is 0 Å². The van der Waals surface area contributed by atoms with Crippen LogP contribution in [0.15, 0.2) is 18.3 Å². The van der Waals surface area contributed by atoms with Gasteiger partial charge in [0, 0.05) is 17.9 Å². The fourth-order valence-electron chi connectivity index (χ4n) is 2.32. The highest BCUT2D eigenvalue weighted by Gasteiger charge is 2.24. The van der Waals surface area contributed by atoms with Gasteiger partial charge in [-0.3, -0.25) is 10.1 Å². The Bertz CT molecular complexity index is 329. The first-order valence-electron chi connectivity index (χ1n) is 5.89. The zero-order valence-corrected chi connectivity index (χ0v) is 9.28. The van der Waals surface area contributed by atoms with Gasteiger partial charge in [0.1, 0.15) is 6.04 Å². The van der Waals surface area contributed by atoms with E-state index in [1.165, 1.54) is 19.3 Å². The lowest BCUT2D eigenvalue weighted by atomic mass is 9.94. The number of aromatic nitrogens is 1. The van der Waals surface area contributed by atoms with Gasteiger partial charge in [-0.05, 0) is 25.0 Å². The van der Waals surface area contributed by atoms with Crippen LogP contribution in [0.4, 0.5) is 0 Å². The van der Waals surface area contributed by atoms with E-state index in [0.717, 1.165) is 18.5 Å². The van der Waals surface area contributed by atoms with Gasteiger partial charge in [0.05, 0.1) is 0 Å². The zero-order valence-electron chi connectivity index (χ0n) is 9.28. The molecule has 1 aromatic heterocycles. The van der Waals surface area contributed by atoms with Crippen LogP contribution in [0.2, 0.25) is 0 Å². The predicted molar refractivity (Wildman–Crippen MR) is 61.2 cm³/mol. The molecule has 1 atom stereocenters. The molecule has 4 nitrogen and oxygen atoms in total. The molecule has 1 aliphatic carbocycles. The van der Waals surface area contributed by atoms with Gasteiger partial charge < -0.3 is 10.1 Å². The third-order valence-electron chi connectivity index (χ3n) is 3.19. The summed E-state index contributed by atoms with van der Waals surface area (Å²) in [4.78, 5) is 14.2. The lowest BCUT2D eigenvalue weighted by Crippen LogP contribution is -2.38. The summed E-state index contributed by atoms with van der Waals surface area (Å²) in [5.41, 5.74) is 0.734. The zero-order chi connectivity index (χ0) is 11.4. The molecule has 0 radical (unpaired) electrons. The lowest BCUT2D eigenvalue weighted by molar-refractivity contribution is -0.140. The van der Waals surface area contributed by atoms with Crippen molar-refractivity contribution in [2.24, 2.45) is 0 Å². The van der Waals surface area contributed by atoms with E-state index in [4.69, 9.17) is 0 Å². The standard InChI is InChI=1S/C12H18N2O2/c15-12(16)11(10-7-4-8-13-10)14-9-5-2-1-3-6-9/h4,7-9,11,13-14H,1-3,5-6H2,(H,15,16). The monoisotopic (exact) mass is 222 g/mol. The maximum atomic E-state index is 11.2. The smallest absolute Gasteiger partial charge is 0.326 e. The number of carbonyl (C=O) groups is 1. The Morgan fingerprint density at radius 3 is 2.75 bits per heavy atom. The molecule has 16 heavy (non-hydrogen) atoms. The number of aliphatic carboxylic acids is 1. The Labute approximate surface area is 95.1 Å². The van der Waals surface area contributed by atoms with Crippen LogP contribution in [0.25, 0.3) is 0 Å². The molecule has 0 aliphatic heterocycles. The SMILES string of the molecule is O=C(O)C(NC1CCCCC1)c1ccc[nH]1. The van der Waals surface area contributed by atoms with E-state index in [1.807, 2.05) is 12.1 Å². The molecule has 88 valence electrons. The molecule has 0 bridgehead atoms. The minimum Gasteiger partial charge on any atom is -0.480 e. The van der Waals surface area contributed by atoms with Crippen LogP contribution < -0.4 is 5.32 Å². The summed E-state index contributed by atoms with van der Waals surface area (Å²) in [6, 6.07) is 3.39. The molecule has 1 aliphatic rings. The number of aromatic amines is 1. The summed E-state index contributed by atoms with van der Waals surface area (Å²) in [5, 5.41) is 12.4. The van der Waals surface area contributed by atoms with E-state index in [0.29, 0.717) is 6.04 Å². The molecule has 4 heteroatoms. The highest BCUT2D eigenvalue weighted by molar-refractivity contribution is 5.74. The minimum absolute atomic E-state index is 0.346. The molecule has 0 amide bonds. The van der Waals surface area contributed by atoms with Crippen molar-refractivity contribution < 1.29 is 9.90 Å². The van der Waals surface area contributed by atoms with Gasteiger partial charge in [-0.2, -0.15) is 0 Å². The fourth-order valence-corrected chi connectivity index (χ4v) is 2.32. The maximum Gasteiger partial charge on any atom is 0.326 e. The van der Waals surface area contributed by atoms with E-state index in [1.54, 1.807) is 6.20 Å². The molecule has 0 saturated heterocycles. The summed E-state index contributed by atoms with van der Waals surface area (Å²) in [6.07, 6.45) is 7.62. The average Bonchev–Trinajstić information content (AvgIpc) is 2.80. The number of H-pyrrole nitrogens is 1. The van der Waals surface area contributed by atoms with Crippen LogP contribution >= 0.6 is 0 Å². The van der Waals surface area contributed by atoms with Crippen LogP contribution in [-0.4, -0.2) is 22.1 Å². The summed E-state index contributed by atoms with van der Waals surface area (Å²) in [7, 11) is 0. The molecule has 1 saturated carbocycles. The Morgan fingerprint density at radius 2 is 2.19 bits per heavy atom. The number of rotatable bonds is 4. The van der Waals surface area contributed by atoms with Crippen molar-refractivity contribution in [3.05, 3.63) is 24.0 Å². The molecule has 1 unspecified atom stereocenters. The van der Waals surface area contributed by atoms with Crippen molar-refractivity contribution in [3.63, 3.8) is 0 Å². The molecule has 0 spiro atoms. The fraction of sp³-hybridized carbons (Fsp3) is 0.583. The molecule has 1 heterocycles. The summed E-state index contributed by atoms with van der Waals surface area (Å²) in [5.74, 6) is -0.812. The Morgan fingerprint density at radius 1 is 1.44 bits per heavy atom. The first-order chi connectivity index (χ1) is 7.77. The summed E-state index contributed by atoms with van der Waals surface area (Å²) in [6.45, 7) is 0. The van der Waals surface area contributed by atoms with Crippen molar-refractivity contribution in [2.45, 2.75) is 44.2 Å². The number of hydrogen-bond acceptors (Lipinski definition) is 2. The maximum absolute atomic E-state index is 11.2. The van der Waals surface area contributed by atoms with Crippen molar-refractivity contribution in [3.8, 4) is 0 Å². The third kappa shape index (κ3) is 2.64. The first kappa shape index (κ1) is 11.2. The van der Waals surface area contributed by atoms with Crippen molar-refractivity contribution in [2.75, 3.05) is 0 Å². The predicted octanol–water partition coefficient (Wildman–Crippen LogP) is 2.06. The van der Waals surface area contributed by atoms with Gasteiger partial charge in [-0.15, -0.1) is 0 Å². The van der Waals surface area contributed by atoms with E-state index in [-0.39, 0.29) is 0 Å². The van der Waals surface area contributed by atoms with Crippen LogP contribution in [0.3, 0.4) is 0 Å². The van der Waals surface area contributed by atoms with E-state index in [9.17, 15) is 9.90 Å². The molecule has 1 fully saturated rings. The number of carboxylic acids is 1. The van der Waals surface area contributed by atoms with Crippen molar-refractivity contribution in [1.29, 1.82) is 0 Å². The number of carboxylic acid groups (broad SMARTS) is 1. The van der Waals surface area contributed by atoms with Crippen LogP contribution in [0, 0.1) is 0 Å². The van der Waals surface area contributed by atoms with Crippen LogP contribution in [0.5, 0.6) is 0 Å². The second-order valence-electron chi connectivity index (χ2n) is 4.40. The van der Waals surface area contributed by atoms with Gasteiger partial charge >= 0.3 is 5.97 Å². The van der Waals surface area contributed by atoms with E-state index >= 15 is 0 Å². The largest absolute Gasteiger partial charge is 0.480 e. The first-order valence-corrected chi connectivity index (χ1v) is 5.89. The quantitative estimate of drug-likeness (QED) is 0.730. The normalized spacial score (nSPS) is 19.5. The Balaban J connectivity index is 2.00. The highest BCUT2D eigenvalue weighted by Crippen LogP contribution is 2.21. The second kappa shape index (κ2) is 5.16. The number of hydrogen-bond donors (Lipinski definition) is 3. The molecule has 2 rings (SSSR count). The topological polar surface area (TPSA) is 65.1 Å². The van der Waals surface area contributed by atoms with Gasteiger partial charge in [0.2, 0.25) is 0 Å². The summed E-state index contributed by atoms with van der Waals surface area (Å²) >= 11 is 0. The summed E-state index contributed by atoms with van der Waals surface area (Å²) < 4.78 is 0. The number of nitrogens with one attached hydrogen (secondary N) is 2. The van der Waals surface area contributed by atoms with Gasteiger partial charge in [0.25, 0.3) is 0 Å². The molecular formula is C12H18N2O2. The van der Waals surface area contributed by atoms with Crippen LogP contribution in [-0.2, 0) is 4.79 Å². The Kier molecular flexibility index (Phi) is 3.62. The average molecular weight is 222 g/mol. The second-order valence-corrected chi connectivity index (χ2v) is 4.40. The lowest BCUT2D eigenvalue weighted by Gasteiger charge is -2.26. The van der Waals surface area contributed by atoms with Crippen molar-refractivity contribution >= 4 is 5.97 Å². The van der Waals surface area contributed by atoms with E-state index < -0.39 is 12.0 Å². The molecular weight excluding hydrogens is 204 g/mol. The molecule has 1 aromatic rings. The third-order valence-corrected chi connectivity index (χ3v) is 3.19. The molecule has 3 N–H and O–H groups in total. The van der Waals surface area contributed by atoms with Crippen LogP contribution in [0.1, 0.15) is 43.8 Å². The van der Waals surface area contributed by atoms with Gasteiger partial charge in [-0.25, -0.2) is 0 Å².